The van der Waals surface area contributed by atoms with E-state index in [2.05, 4.69) is 120 Å². The van der Waals surface area contributed by atoms with Crippen LogP contribution in [0.15, 0.2) is 158 Å². The van der Waals surface area contributed by atoms with Crippen molar-refractivity contribution in [3.05, 3.63) is 175 Å². The predicted molar refractivity (Wildman–Crippen MR) is 210 cm³/mol. The Bertz CT molecular complexity index is 2750. The average molecular weight is 859 g/mol. The van der Waals surface area contributed by atoms with Gasteiger partial charge in [-0.25, -0.2) is 4.98 Å². The topological polar surface area (TPSA) is 56.5 Å². The summed E-state index contributed by atoms with van der Waals surface area (Å²) in [4.78, 5) is 20.0. The molecular weight excluding hydrogens is 827 g/mol. The van der Waals surface area contributed by atoms with Gasteiger partial charge in [0.25, 0.3) is 0 Å². The van der Waals surface area contributed by atoms with E-state index in [1.54, 1.807) is 0 Å². The first-order chi connectivity index (χ1) is 25.5. The predicted octanol–water partition coefficient (Wildman–Crippen LogP) is 11.1. The molecule has 0 saturated heterocycles. The third kappa shape index (κ3) is 5.42. The van der Waals surface area contributed by atoms with Crippen LogP contribution in [-0.4, -0.2) is 24.5 Å². The summed E-state index contributed by atoms with van der Waals surface area (Å²) in [6.45, 7) is 4.65. The van der Waals surface area contributed by atoms with E-state index < -0.39 is 0 Å². The van der Waals surface area contributed by atoms with Gasteiger partial charge in [-0.2, -0.15) is 9.97 Å². The molecule has 0 unspecified atom stereocenters. The zero-order valence-corrected chi connectivity index (χ0v) is 31.5. The standard InChI is InChI=1S/C47H32N5.Ir/c1-47(2)39-21-10-9-20-35(39)36-28-38-37-27-33(32-18-13-19-34(26-32)41-22-11-12-25-48-41)23-24-42(37)52(43(38)29-40(36)47)46-50-44(30-14-5-3-6-15-30)49-45(51-46)31-16-7-4-8-17-31;/h3-18,20-29H,1-2H3;/q-1;. The van der Waals surface area contributed by atoms with E-state index in [0.717, 1.165) is 55.3 Å². The van der Waals surface area contributed by atoms with Crippen LogP contribution in [0.25, 0.3) is 84.0 Å². The number of hydrogen-bond donors (Lipinski definition) is 0. The molecule has 9 aromatic rings. The summed E-state index contributed by atoms with van der Waals surface area (Å²) < 4.78 is 2.23. The summed E-state index contributed by atoms with van der Waals surface area (Å²) in [5, 5.41) is 2.28. The van der Waals surface area contributed by atoms with Crippen molar-refractivity contribution in [2.45, 2.75) is 19.3 Å². The van der Waals surface area contributed by atoms with Gasteiger partial charge in [-0.3, -0.25) is 4.57 Å². The van der Waals surface area contributed by atoms with Crippen LogP contribution in [0.2, 0.25) is 0 Å². The SMILES string of the molecule is CC1(C)c2ccccc2-c2cc3c4cc(-c5cc[c-]c(-c6ccccn6)c5)ccc4n(-c4nc(-c5ccccc5)nc(-c5ccccc5)n4)c3cc21.[Ir]. The number of rotatable bonds is 5. The first-order valence-electron chi connectivity index (χ1n) is 17.6. The average Bonchev–Trinajstić information content (AvgIpc) is 3.65. The fraction of sp³-hybridized carbons (Fsp3) is 0.0638. The number of pyridine rings is 1. The van der Waals surface area contributed by atoms with Gasteiger partial charge in [-0.1, -0.05) is 117 Å². The Morgan fingerprint density at radius 1 is 0.528 bits per heavy atom. The van der Waals surface area contributed by atoms with E-state index in [4.69, 9.17) is 15.0 Å². The quantitative estimate of drug-likeness (QED) is 0.162. The van der Waals surface area contributed by atoms with Gasteiger partial charge < -0.3 is 4.98 Å². The molecule has 0 amide bonds. The van der Waals surface area contributed by atoms with Crippen molar-refractivity contribution < 1.29 is 20.1 Å². The minimum atomic E-state index is -0.168. The molecule has 255 valence electrons. The van der Waals surface area contributed by atoms with Crippen LogP contribution >= 0.6 is 0 Å². The largest absolute Gasteiger partial charge is 0.305 e. The maximum absolute atomic E-state index is 5.20. The molecule has 5 nitrogen and oxygen atoms in total. The van der Waals surface area contributed by atoms with Crippen molar-refractivity contribution in [1.82, 2.24) is 24.5 Å². The monoisotopic (exact) mass is 859 g/mol. The van der Waals surface area contributed by atoms with Gasteiger partial charge >= 0.3 is 0 Å². The van der Waals surface area contributed by atoms with Gasteiger partial charge in [0, 0.05) is 53.6 Å². The minimum absolute atomic E-state index is 0. The molecule has 0 spiro atoms. The van der Waals surface area contributed by atoms with Crippen LogP contribution in [0, 0.1) is 6.07 Å². The maximum Gasteiger partial charge on any atom is 0.238 e. The zero-order chi connectivity index (χ0) is 34.8. The summed E-state index contributed by atoms with van der Waals surface area (Å²) in [6.07, 6.45) is 1.82. The first-order valence-corrected chi connectivity index (χ1v) is 17.6. The normalized spacial score (nSPS) is 12.7. The molecule has 0 aliphatic heterocycles. The molecule has 1 aliphatic rings. The number of aromatic nitrogens is 5. The van der Waals surface area contributed by atoms with E-state index >= 15 is 0 Å². The molecule has 0 fully saturated rings. The summed E-state index contributed by atoms with van der Waals surface area (Å²) in [6, 6.07) is 56.2. The summed E-state index contributed by atoms with van der Waals surface area (Å²) >= 11 is 0. The Balaban J connectivity index is 0.00000372. The van der Waals surface area contributed by atoms with Gasteiger partial charge in [-0.15, -0.1) is 35.4 Å². The van der Waals surface area contributed by atoms with Crippen LogP contribution in [0.3, 0.4) is 0 Å². The number of benzene rings is 6. The van der Waals surface area contributed by atoms with Gasteiger partial charge in [0.05, 0.1) is 11.0 Å². The molecule has 6 heteroatoms. The number of fused-ring (bicyclic) bond motifs is 6. The van der Waals surface area contributed by atoms with E-state index in [0.29, 0.717) is 17.6 Å². The van der Waals surface area contributed by atoms with Crippen LogP contribution in [0.5, 0.6) is 0 Å². The van der Waals surface area contributed by atoms with Gasteiger partial charge in [0.2, 0.25) is 5.95 Å². The fourth-order valence-electron chi connectivity index (χ4n) is 7.82. The minimum Gasteiger partial charge on any atom is -0.305 e. The zero-order valence-electron chi connectivity index (χ0n) is 29.1. The Morgan fingerprint density at radius 2 is 1.19 bits per heavy atom. The Morgan fingerprint density at radius 3 is 1.91 bits per heavy atom. The Kier molecular flexibility index (Phi) is 7.96. The second kappa shape index (κ2) is 12.9. The van der Waals surface area contributed by atoms with Crippen LogP contribution in [0.4, 0.5) is 0 Å². The van der Waals surface area contributed by atoms with Gasteiger partial charge in [0.15, 0.2) is 11.6 Å². The molecule has 3 heterocycles. The van der Waals surface area contributed by atoms with Crippen LogP contribution in [-0.2, 0) is 25.5 Å². The second-order valence-electron chi connectivity index (χ2n) is 13.9. The molecule has 0 bridgehead atoms. The molecule has 10 rings (SSSR count). The molecule has 0 atom stereocenters. The molecule has 53 heavy (non-hydrogen) atoms. The van der Waals surface area contributed by atoms with E-state index in [9.17, 15) is 0 Å². The number of nitrogens with zero attached hydrogens (tertiary/aromatic N) is 5. The molecule has 3 aromatic heterocycles. The number of hydrogen-bond acceptors (Lipinski definition) is 4. The van der Waals surface area contributed by atoms with Crippen molar-refractivity contribution in [2.24, 2.45) is 0 Å². The Hall–Kier alpha value is -6.07. The first kappa shape index (κ1) is 32.8. The smallest absolute Gasteiger partial charge is 0.238 e. The molecular formula is C47H32IrN5-. The van der Waals surface area contributed by atoms with Crippen LogP contribution < -0.4 is 0 Å². The van der Waals surface area contributed by atoms with Gasteiger partial charge in [0.1, 0.15) is 0 Å². The van der Waals surface area contributed by atoms with Crippen molar-refractivity contribution in [1.29, 1.82) is 0 Å². The van der Waals surface area contributed by atoms with Crippen molar-refractivity contribution in [3.8, 4) is 62.2 Å². The molecule has 0 N–H and O–H groups in total. The summed E-state index contributed by atoms with van der Waals surface area (Å²) in [5.41, 5.74) is 13.1. The molecule has 1 aliphatic carbocycles. The molecule has 0 saturated carbocycles. The third-order valence-corrected chi connectivity index (χ3v) is 10.4. The van der Waals surface area contributed by atoms with E-state index in [1.165, 1.54) is 22.3 Å². The molecule has 1 radical (unpaired) electrons. The second-order valence-corrected chi connectivity index (χ2v) is 13.9. The summed E-state index contributed by atoms with van der Waals surface area (Å²) in [5.74, 6) is 1.85. The van der Waals surface area contributed by atoms with Crippen molar-refractivity contribution in [2.75, 3.05) is 0 Å². The molecule has 6 aromatic carbocycles. The van der Waals surface area contributed by atoms with E-state index in [-0.39, 0.29) is 25.5 Å². The van der Waals surface area contributed by atoms with Crippen molar-refractivity contribution in [3.63, 3.8) is 0 Å². The van der Waals surface area contributed by atoms with E-state index in [1.807, 2.05) is 66.9 Å². The summed E-state index contributed by atoms with van der Waals surface area (Å²) in [7, 11) is 0. The van der Waals surface area contributed by atoms with Crippen molar-refractivity contribution >= 4 is 21.8 Å². The maximum atomic E-state index is 5.20. The van der Waals surface area contributed by atoms with Crippen LogP contribution in [0.1, 0.15) is 25.0 Å². The Labute approximate surface area is 321 Å². The van der Waals surface area contributed by atoms with Gasteiger partial charge in [-0.05, 0) is 63.8 Å². The fourth-order valence-corrected chi connectivity index (χ4v) is 7.82. The third-order valence-electron chi connectivity index (χ3n) is 10.4.